The molecular formula is C16H12Cl2N2O2. The van der Waals surface area contributed by atoms with E-state index in [0.29, 0.717) is 15.7 Å². The van der Waals surface area contributed by atoms with E-state index in [1.807, 2.05) is 30.3 Å². The maximum Gasteiger partial charge on any atom is 0.256 e. The number of benzene rings is 2. The molecule has 0 aromatic heterocycles. The largest absolute Gasteiger partial charge is 0.373 e. The zero-order valence-electron chi connectivity index (χ0n) is 11.4. The lowest BCUT2D eigenvalue weighted by molar-refractivity contribution is -0.121. The number of hydrogen-bond acceptors (Lipinski definition) is 3. The van der Waals surface area contributed by atoms with Gasteiger partial charge in [0.2, 0.25) is 5.91 Å². The van der Waals surface area contributed by atoms with Crippen LogP contribution in [0.1, 0.15) is 6.42 Å². The third kappa shape index (κ3) is 2.80. The van der Waals surface area contributed by atoms with Gasteiger partial charge in [-0.1, -0.05) is 41.4 Å². The minimum Gasteiger partial charge on any atom is -0.373 e. The van der Waals surface area contributed by atoms with E-state index in [1.54, 1.807) is 12.1 Å². The van der Waals surface area contributed by atoms with Gasteiger partial charge in [-0.3, -0.25) is 9.59 Å². The number of carbonyl (C=O) groups is 2. The summed E-state index contributed by atoms with van der Waals surface area (Å²) in [5, 5.41) is 3.76. The van der Waals surface area contributed by atoms with Gasteiger partial charge >= 0.3 is 0 Å². The van der Waals surface area contributed by atoms with E-state index in [4.69, 9.17) is 23.2 Å². The number of rotatable bonds is 3. The number of amides is 2. The molecule has 112 valence electrons. The Balaban J connectivity index is 1.83. The summed E-state index contributed by atoms with van der Waals surface area (Å²) < 4.78 is 0. The van der Waals surface area contributed by atoms with Gasteiger partial charge in [0, 0.05) is 5.69 Å². The molecule has 1 saturated heterocycles. The second-order valence-electron chi connectivity index (χ2n) is 4.93. The van der Waals surface area contributed by atoms with Gasteiger partial charge in [-0.05, 0) is 30.3 Å². The first-order valence-electron chi connectivity index (χ1n) is 6.69. The van der Waals surface area contributed by atoms with Gasteiger partial charge in [-0.15, -0.1) is 0 Å². The molecule has 1 aliphatic rings. The van der Waals surface area contributed by atoms with Crippen molar-refractivity contribution in [3.63, 3.8) is 0 Å². The van der Waals surface area contributed by atoms with Gasteiger partial charge in [-0.2, -0.15) is 0 Å². The van der Waals surface area contributed by atoms with Crippen molar-refractivity contribution in [2.24, 2.45) is 0 Å². The molecule has 1 fully saturated rings. The quantitative estimate of drug-likeness (QED) is 0.870. The number of para-hydroxylation sites is 1. The first-order chi connectivity index (χ1) is 10.6. The van der Waals surface area contributed by atoms with Crippen LogP contribution in [0.2, 0.25) is 10.0 Å². The van der Waals surface area contributed by atoms with E-state index in [-0.39, 0.29) is 18.2 Å². The molecule has 0 saturated carbocycles. The lowest BCUT2D eigenvalue weighted by Gasteiger charge is -2.16. The minimum atomic E-state index is -0.579. The third-order valence-corrected chi connectivity index (χ3v) is 4.16. The molecule has 2 amide bonds. The number of hydrogen-bond donors (Lipinski definition) is 1. The smallest absolute Gasteiger partial charge is 0.256 e. The molecule has 1 atom stereocenters. The Hall–Kier alpha value is -2.04. The molecule has 0 unspecified atom stereocenters. The van der Waals surface area contributed by atoms with Crippen LogP contribution in [0, 0.1) is 0 Å². The van der Waals surface area contributed by atoms with E-state index in [0.717, 1.165) is 10.6 Å². The summed E-state index contributed by atoms with van der Waals surface area (Å²) >= 11 is 11.8. The molecule has 4 nitrogen and oxygen atoms in total. The highest BCUT2D eigenvalue weighted by atomic mass is 35.5. The van der Waals surface area contributed by atoms with Gasteiger partial charge < -0.3 is 5.32 Å². The number of anilines is 2. The molecule has 0 aliphatic carbocycles. The molecule has 3 rings (SSSR count). The van der Waals surface area contributed by atoms with Crippen molar-refractivity contribution in [3.8, 4) is 0 Å². The fourth-order valence-corrected chi connectivity index (χ4v) is 2.67. The Labute approximate surface area is 137 Å². The van der Waals surface area contributed by atoms with Crippen LogP contribution in [0.25, 0.3) is 0 Å². The van der Waals surface area contributed by atoms with Crippen LogP contribution in [0.3, 0.4) is 0 Å². The number of nitrogens with one attached hydrogen (secondary N) is 1. The van der Waals surface area contributed by atoms with Crippen LogP contribution in [-0.2, 0) is 9.59 Å². The summed E-state index contributed by atoms with van der Waals surface area (Å²) in [4.78, 5) is 25.8. The summed E-state index contributed by atoms with van der Waals surface area (Å²) in [5.74, 6) is -0.566. The maximum absolute atomic E-state index is 12.5. The van der Waals surface area contributed by atoms with Gasteiger partial charge in [0.25, 0.3) is 5.91 Å². The highest BCUT2D eigenvalue weighted by Crippen LogP contribution is 2.30. The molecule has 1 aliphatic heterocycles. The van der Waals surface area contributed by atoms with E-state index >= 15 is 0 Å². The Morgan fingerprint density at radius 3 is 2.41 bits per heavy atom. The van der Waals surface area contributed by atoms with Crippen molar-refractivity contribution < 1.29 is 9.59 Å². The number of nitrogens with zero attached hydrogens (tertiary/aromatic N) is 1. The highest BCUT2D eigenvalue weighted by Gasteiger charge is 2.39. The molecule has 6 heteroatoms. The molecule has 2 aromatic carbocycles. The molecule has 2 aromatic rings. The molecule has 1 N–H and O–H groups in total. The molecule has 0 spiro atoms. The zero-order chi connectivity index (χ0) is 15.7. The summed E-state index contributed by atoms with van der Waals surface area (Å²) in [7, 11) is 0. The average Bonchev–Trinajstić information content (AvgIpc) is 2.78. The first kappa shape index (κ1) is 14.9. The first-order valence-corrected chi connectivity index (χ1v) is 7.45. The lowest BCUT2D eigenvalue weighted by atomic mass is 10.2. The van der Waals surface area contributed by atoms with Crippen LogP contribution in [0.15, 0.2) is 48.5 Å². The predicted molar refractivity (Wildman–Crippen MR) is 87.4 cm³/mol. The maximum atomic E-state index is 12.5. The number of carbonyl (C=O) groups excluding carboxylic acids is 2. The van der Waals surface area contributed by atoms with Gasteiger partial charge in [0.1, 0.15) is 6.04 Å². The van der Waals surface area contributed by atoms with E-state index < -0.39 is 6.04 Å². The normalized spacial score (nSPS) is 17.9. The van der Waals surface area contributed by atoms with E-state index in [9.17, 15) is 9.59 Å². The van der Waals surface area contributed by atoms with Crippen molar-refractivity contribution >= 4 is 46.4 Å². The zero-order valence-corrected chi connectivity index (χ0v) is 12.9. The summed E-state index contributed by atoms with van der Waals surface area (Å²) in [5.41, 5.74) is 1.23. The Morgan fingerprint density at radius 1 is 1.00 bits per heavy atom. The van der Waals surface area contributed by atoms with Crippen LogP contribution in [0.5, 0.6) is 0 Å². The van der Waals surface area contributed by atoms with Gasteiger partial charge in [0.15, 0.2) is 0 Å². The van der Waals surface area contributed by atoms with Gasteiger partial charge in [-0.25, -0.2) is 4.90 Å². The van der Waals surface area contributed by atoms with Crippen molar-refractivity contribution in [3.05, 3.63) is 58.6 Å². The van der Waals surface area contributed by atoms with Crippen molar-refractivity contribution in [2.45, 2.75) is 12.5 Å². The van der Waals surface area contributed by atoms with Gasteiger partial charge in [0.05, 0.1) is 22.2 Å². The van der Waals surface area contributed by atoms with Crippen LogP contribution < -0.4 is 10.2 Å². The highest BCUT2D eigenvalue weighted by molar-refractivity contribution is 6.42. The van der Waals surface area contributed by atoms with Crippen LogP contribution in [0.4, 0.5) is 11.4 Å². The molecule has 0 radical (unpaired) electrons. The summed E-state index contributed by atoms with van der Waals surface area (Å²) in [6, 6.07) is 13.4. The molecular weight excluding hydrogens is 323 g/mol. The number of imide groups is 1. The second-order valence-corrected chi connectivity index (χ2v) is 5.75. The predicted octanol–water partition coefficient (Wildman–Crippen LogP) is 3.74. The Kier molecular flexibility index (Phi) is 4.05. The second kappa shape index (κ2) is 5.99. The molecule has 22 heavy (non-hydrogen) atoms. The van der Waals surface area contributed by atoms with E-state index in [2.05, 4.69) is 5.32 Å². The van der Waals surface area contributed by atoms with Crippen molar-refractivity contribution in [1.82, 2.24) is 0 Å². The molecule has 1 heterocycles. The minimum absolute atomic E-state index is 0.105. The SMILES string of the molecule is O=C1C[C@@H](Nc2ccccc2)C(=O)N1c1ccc(Cl)c(Cl)c1. The van der Waals surface area contributed by atoms with Crippen LogP contribution in [-0.4, -0.2) is 17.9 Å². The Bertz CT molecular complexity index is 734. The fraction of sp³-hybridized carbons (Fsp3) is 0.125. The standard InChI is InChI=1S/C16H12Cl2N2O2/c17-12-7-6-11(8-13(12)18)20-15(21)9-14(16(20)22)19-10-4-2-1-3-5-10/h1-8,14,19H,9H2/t14-/m1/s1. The van der Waals surface area contributed by atoms with Crippen molar-refractivity contribution in [1.29, 1.82) is 0 Å². The van der Waals surface area contributed by atoms with Crippen molar-refractivity contribution in [2.75, 3.05) is 10.2 Å². The monoisotopic (exact) mass is 334 g/mol. The topological polar surface area (TPSA) is 49.4 Å². The lowest BCUT2D eigenvalue weighted by Crippen LogP contribution is -2.34. The average molecular weight is 335 g/mol. The molecule has 0 bridgehead atoms. The summed E-state index contributed by atoms with van der Waals surface area (Å²) in [6.45, 7) is 0. The van der Waals surface area contributed by atoms with Crippen LogP contribution >= 0.6 is 23.2 Å². The fourth-order valence-electron chi connectivity index (χ4n) is 2.38. The van der Waals surface area contributed by atoms with E-state index in [1.165, 1.54) is 6.07 Å². The summed E-state index contributed by atoms with van der Waals surface area (Å²) in [6.07, 6.45) is 0.105. The Morgan fingerprint density at radius 2 is 1.73 bits per heavy atom. The third-order valence-electron chi connectivity index (χ3n) is 3.42. The number of halogens is 2.